The first kappa shape index (κ1) is 13.4. The molecule has 1 unspecified atom stereocenters. The van der Waals surface area contributed by atoms with E-state index in [2.05, 4.69) is 5.10 Å². The average Bonchev–Trinajstić information content (AvgIpc) is 2.79. The van der Waals surface area contributed by atoms with Crippen molar-refractivity contribution in [2.45, 2.75) is 32.2 Å². The highest BCUT2D eigenvalue weighted by Crippen LogP contribution is 2.36. The van der Waals surface area contributed by atoms with E-state index >= 15 is 0 Å². The molecule has 0 aromatic carbocycles. The fourth-order valence-corrected chi connectivity index (χ4v) is 2.77. The van der Waals surface area contributed by atoms with Crippen molar-refractivity contribution >= 4 is 17.7 Å². The van der Waals surface area contributed by atoms with E-state index in [9.17, 15) is 14.7 Å². The van der Waals surface area contributed by atoms with Gasteiger partial charge in [0.15, 0.2) is 0 Å². The molecule has 0 bridgehead atoms. The van der Waals surface area contributed by atoms with Crippen molar-refractivity contribution in [1.29, 1.82) is 0 Å². The Hall–Kier alpha value is -2.05. The van der Waals surface area contributed by atoms with Crippen LogP contribution < -0.4 is 10.6 Å². The molecule has 0 aliphatic carbocycles. The standard InChI is InChI=1S/C12H18N4O3/c1-7-8(9(13)17)10(15(3)14-7)16-6-4-5-12(16,2)11(18)19/h4-6H2,1-3H3,(H2,13,17)(H,18,19). The molecule has 0 spiro atoms. The zero-order chi connectivity index (χ0) is 14.4. The largest absolute Gasteiger partial charge is 0.480 e. The molecule has 1 aromatic heterocycles. The van der Waals surface area contributed by atoms with Crippen molar-refractivity contribution in [3.05, 3.63) is 11.3 Å². The fourth-order valence-electron chi connectivity index (χ4n) is 2.77. The Kier molecular flexibility index (Phi) is 3.00. The van der Waals surface area contributed by atoms with Gasteiger partial charge in [0.05, 0.1) is 5.69 Å². The summed E-state index contributed by atoms with van der Waals surface area (Å²) in [5.41, 5.74) is 5.19. The number of carbonyl (C=O) groups is 2. The minimum atomic E-state index is -1.02. The number of aryl methyl sites for hydroxylation is 2. The van der Waals surface area contributed by atoms with E-state index in [4.69, 9.17) is 5.73 Å². The van der Waals surface area contributed by atoms with Gasteiger partial charge >= 0.3 is 5.97 Å². The summed E-state index contributed by atoms with van der Waals surface area (Å²) in [5, 5.41) is 13.6. The highest BCUT2D eigenvalue weighted by molar-refractivity contribution is 6.00. The zero-order valence-corrected chi connectivity index (χ0v) is 11.3. The van der Waals surface area contributed by atoms with E-state index in [0.29, 0.717) is 30.0 Å². The Labute approximate surface area is 111 Å². The number of anilines is 1. The fraction of sp³-hybridized carbons (Fsp3) is 0.583. The third-order valence-electron chi connectivity index (χ3n) is 3.80. The lowest BCUT2D eigenvalue weighted by atomic mass is 9.99. The number of carboxylic acid groups (broad SMARTS) is 1. The molecule has 1 saturated heterocycles. The molecule has 104 valence electrons. The number of carbonyl (C=O) groups excluding carboxylic acids is 1. The van der Waals surface area contributed by atoms with Gasteiger partial charge < -0.3 is 15.7 Å². The molecule has 7 nitrogen and oxygen atoms in total. The maximum absolute atomic E-state index is 11.6. The van der Waals surface area contributed by atoms with E-state index < -0.39 is 17.4 Å². The first-order valence-electron chi connectivity index (χ1n) is 6.13. The average molecular weight is 266 g/mol. The number of nitrogens with two attached hydrogens (primary N) is 1. The lowest BCUT2D eigenvalue weighted by molar-refractivity contribution is -0.142. The normalized spacial score (nSPS) is 22.8. The molecule has 1 amide bonds. The second kappa shape index (κ2) is 4.25. The monoisotopic (exact) mass is 266 g/mol. The second-order valence-corrected chi connectivity index (χ2v) is 5.11. The van der Waals surface area contributed by atoms with Crippen LogP contribution in [0.25, 0.3) is 0 Å². The molecule has 1 aliphatic heterocycles. The Morgan fingerprint density at radius 3 is 2.63 bits per heavy atom. The number of hydrogen-bond acceptors (Lipinski definition) is 4. The van der Waals surface area contributed by atoms with Crippen LogP contribution in [0.15, 0.2) is 0 Å². The van der Waals surface area contributed by atoms with Crippen LogP contribution >= 0.6 is 0 Å². The van der Waals surface area contributed by atoms with Gasteiger partial charge in [-0.25, -0.2) is 4.79 Å². The molecular weight excluding hydrogens is 248 g/mol. The number of hydrogen-bond donors (Lipinski definition) is 2. The van der Waals surface area contributed by atoms with Crippen molar-refractivity contribution in [2.75, 3.05) is 11.4 Å². The number of aromatic nitrogens is 2. The maximum atomic E-state index is 11.6. The van der Waals surface area contributed by atoms with E-state index in [1.165, 1.54) is 4.68 Å². The summed E-state index contributed by atoms with van der Waals surface area (Å²) in [4.78, 5) is 24.8. The van der Waals surface area contributed by atoms with Crippen LogP contribution in [-0.4, -0.2) is 38.8 Å². The van der Waals surface area contributed by atoms with Crippen LogP contribution in [0, 0.1) is 6.92 Å². The predicted octanol–water partition coefficient (Wildman–Crippen LogP) is 0.271. The predicted molar refractivity (Wildman–Crippen MR) is 69.1 cm³/mol. The molecule has 2 heterocycles. The molecule has 1 atom stereocenters. The second-order valence-electron chi connectivity index (χ2n) is 5.11. The van der Waals surface area contributed by atoms with Crippen LogP contribution in [0.1, 0.15) is 35.8 Å². The summed E-state index contributed by atoms with van der Waals surface area (Å²) < 4.78 is 1.53. The minimum absolute atomic E-state index is 0.303. The van der Waals surface area contributed by atoms with Crippen molar-refractivity contribution in [3.8, 4) is 0 Å². The first-order valence-corrected chi connectivity index (χ1v) is 6.13. The van der Waals surface area contributed by atoms with E-state index in [-0.39, 0.29) is 0 Å². The van der Waals surface area contributed by atoms with Gasteiger partial charge in [-0.2, -0.15) is 5.10 Å². The highest BCUT2D eigenvalue weighted by Gasteiger charge is 2.46. The van der Waals surface area contributed by atoms with Gasteiger partial charge in [0.2, 0.25) is 0 Å². The Balaban J connectivity index is 2.59. The molecule has 2 rings (SSSR count). The summed E-state index contributed by atoms with van der Waals surface area (Å²) >= 11 is 0. The molecule has 7 heteroatoms. The molecule has 0 saturated carbocycles. The van der Waals surface area contributed by atoms with Crippen LogP contribution in [-0.2, 0) is 11.8 Å². The Morgan fingerprint density at radius 2 is 2.11 bits per heavy atom. The Bertz CT molecular complexity index is 551. The summed E-state index contributed by atoms with van der Waals surface area (Å²) in [5.74, 6) is -0.994. The van der Waals surface area contributed by atoms with Crippen LogP contribution in [0.2, 0.25) is 0 Å². The Morgan fingerprint density at radius 1 is 1.47 bits per heavy atom. The molecule has 0 radical (unpaired) electrons. The number of nitrogens with zero attached hydrogens (tertiary/aromatic N) is 3. The first-order chi connectivity index (χ1) is 8.79. The van der Waals surface area contributed by atoms with Gasteiger partial charge in [0.25, 0.3) is 5.91 Å². The van der Waals surface area contributed by atoms with Crippen LogP contribution in [0.5, 0.6) is 0 Å². The summed E-state index contributed by atoms with van der Waals surface area (Å²) in [6, 6.07) is 0. The number of rotatable bonds is 3. The van der Waals surface area contributed by atoms with Gasteiger partial charge in [-0.05, 0) is 26.7 Å². The number of aliphatic carboxylic acids is 1. The number of amides is 1. The number of primary amides is 1. The van der Waals surface area contributed by atoms with Crippen LogP contribution in [0.3, 0.4) is 0 Å². The molecule has 1 fully saturated rings. The maximum Gasteiger partial charge on any atom is 0.329 e. The minimum Gasteiger partial charge on any atom is -0.480 e. The third kappa shape index (κ3) is 1.85. The quantitative estimate of drug-likeness (QED) is 0.817. The lowest BCUT2D eigenvalue weighted by Gasteiger charge is -2.33. The molecule has 19 heavy (non-hydrogen) atoms. The highest BCUT2D eigenvalue weighted by atomic mass is 16.4. The van der Waals surface area contributed by atoms with Gasteiger partial charge in [0, 0.05) is 13.6 Å². The van der Waals surface area contributed by atoms with Gasteiger partial charge in [-0.1, -0.05) is 0 Å². The topological polar surface area (TPSA) is 101 Å². The summed E-state index contributed by atoms with van der Waals surface area (Å²) in [6.45, 7) is 3.93. The SMILES string of the molecule is Cc1nn(C)c(N2CCCC2(C)C(=O)O)c1C(N)=O. The molecular formula is C12H18N4O3. The zero-order valence-electron chi connectivity index (χ0n) is 11.3. The van der Waals surface area contributed by atoms with Crippen molar-refractivity contribution in [2.24, 2.45) is 12.8 Å². The lowest BCUT2D eigenvalue weighted by Crippen LogP contribution is -2.49. The summed E-state index contributed by atoms with van der Waals surface area (Å²) in [7, 11) is 1.69. The van der Waals surface area contributed by atoms with E-state index in [1.807, 2.05) is 0 Å². The van der Waals surface area contributed by atoms with Crippen molar-refractivity contribution < 1.29 is 14.7 Å². The van der Waals surface area contributed by atoms with E-state index in [1.54, 1.807) is 25.8 Å². The van der Waals surface area contributed by atoms with Gasteiger partial charge in [-0.15, -0.1) is 0 Å². The smallest absolute Gasteiger partial charge is 0.329 e. The molecule has 1 aromatic rings. The number of carboxylic acids is 1. The summed E-state index contributed by atoms with van der Waals surface area (Å²) in [6.07, 6.45) is 1.29. The van der Waals surface area contributed by atoms with Crippen molar-refractivity contribution in [3.63, 3.8) is 0 Å². The van der Waals surface area contributed by atoms with Crippen molar-refractivity contribution in [1.82, 2.24) is 9.78 Å². The van der Waals surface area contributed by atoms with E-state index in [0.717, 1.165) is 6.42 Å². The third-order valence-corrected chi connectivity index (χ3v) is 3.80. The van der Waals surface area contributed by atoms with Crippen LogP contribution in [0.4, 0.5) is 5.82 Å². The molecule has 3 N–H and O–H groups in total. The molecule has 1 aliphatic rings. The van der Waals surface area contributed by atoms with Gasteiger partial charge in [0.1, 0.15) is 16.9 Å². The van der Waals surface area contributed by atoms with Gasteiger partial charge in [-0.3, -0.25) is 9.48 Å².